The first-order valence-electron chi connectivity index (χ1n) is 7.28. The predicted octanol–water partition coefficient (Wildman–Crippen LogP) is 0.180. The number of fused-ring (bicyclic) bond motifs is 1. The fourth-order valence-corrected chi connectivity index (χ4v) is 2.63. The zero-order valence-electron chi connectivity index (χ0n) is 11.8. The highest BCUT2D eigenvalue weighted by atomic mass is 16.2. The van der Waals surface area contributed by atoms with Crippen LogP contribution in [0.1, 0.15) is 13.3 Å². The van der Waals surface area contributed by atoms with Gasteiger partial charge in [0.25, 0.3) is 0 Å². The Morgan fingerprint density at radius 2 is 2.25 bits per heavy atom. The van der Waals surface area contributed by atoms with Crippen LogP contribution in [-0.2, 0) is 6.54 Å². The molecule has 0 spiro atoms. The van der Waals surface area contributed by atoms with Gasteiger partial charge >= 0.3 is 5.69 Å². The smallest absolute Gasteiger partial charge is 0.314 e. The molecule has 3 heterocycles. The molecule has 1 fully saturated rings. The van der Waals surface area contributed by atoms with Crippen molar-refractivity contribution in [2.45, 2.75) is 25.9 Å². The van der Waals surface area contributed by atoms with Gasteiger partial charge < -0.3 is 5.32 Å². The van der Waals surface area contributed by atoms with Crippen LogP contribution in [0.4, 0.5) is 0 Å². The van der Waals surface area contributed by atoms with E-state index in [1.807, 2.05) is 18.2 Å². The molecule has 1 aliphatic heterocycles. The minimum atomic E-state index is -0.0521. The highest BCUT2D eigenvalue weighted by Gasteiger charge is 2.23. The number of nitrogens with zero attached hydrogens (tertiary/aromatic N) is 4. The molecule has 20 heavy (non-hydrogen) atoms. The van der Waals surface area contributed by atoms with Gasteiger partial charge in [-0.2, -0.15) is 0 Å². The monoisotopic (exact) mass is 275 g/mol. The van der Waals surface area contributed by atoms with Gasteiger partial charge in [0, 0.05) is 31.9 Å². The van der Waals surface area contributed by atoms with Gasteiger partial charge in [0.15, 0.2) is 5.65 Å². The SMILES string of the molecule is CCCN(CCn1nc2ccccn2c1=O)C1CNC1. The number of nitrogens with one attached hydrogen (secondary N) is 1. The van der Waals surface area contributed by atoms with Crippen molar-refractivity contribution in [3.63, 3.8) is 0 Å². The van der Waals surface area contributed by atoms with E-state index in [-0.39, 0.29) is 5.69 Å². The Labute approximate surface area is 118 Å². The lowest BCUT2D eigenvalue weighted by atomic mass is 10.1. The summed E-state index contributed by atoms with van der Waals surface area (Å²) < 4.78 is 3.17. The van der Waals surface area contributed by atoms with Gasteiger partial charge in [-0.3, -0.25) is 9.30 Å². The van der Waals surface area contributed by atoms with Crippen LogP contribution in [0.25, 0.3) is 5.65 Å². The maximum Gasteiger partial charge on any atom is 0.350 e. The van der Waals surface area contributed by atoms with Gasteiger partial charge in [-0.05, 0) is 25.1 Å². The third kappa shape index (κ3) is 2.48. The number of aromatic nitrogens is 3. The maximum atomic E-state index is 12.2. The summed E-state index contributed by atoms with van der Waals surface area (Å²) in [5, 5.41) is 7.67. The van der Waals surface area contributed by atoms with Crippen LogP contribution in [0.2, 0.25) is 0 Å². The molecule has 2 aromatic rings. The third-order valence-corrected chi connectivity index (χ3v) is 3.87. The minimum Gasteiger partial charge on any atom is -0.314 e. The molecule has 0 saturated carbocycles. The molecule has 0 atom stereocenters. The molecule has 6 nitrogen and oxygen atoms in total. The van der Waals surface area contributed by atoms with Crippen LogP contribution in [0.15, 0.2) is 29.2 Å². The standard InChI is InChI=1S/C14H21N5O/c1-2-6-17(12-10-15-11-12)8-9-19-14(20)18-7-4-3-5-13(18)16-19/h3-5,7,12,15H,2,6,8-11H2,1H3. The van der Waals surface area contributed by atoms with Crippen molar-refractivity contribution in [2.75, 3.05) is 26.2 Å². The van der Waals surface area contributed by atoms with Gasteiger partial charge in [-0.1, -0.05) is 13.0 Å². The average molecular weight is 275 g/mol. The fraction of sp³-hybridized carbons (Fsp3) is 0.571. The molecule has 108 valence electrons. The molecule has 1 saturated heterocycles. The van der Waals surface area contributed by atoms with Crippen molar-refractivity contribution >= 4 is 5.65 Å². The summed E-state index contributed by atoms with van der Waals surface area (Å²) in [6.07, 6.45) is 2.90. The van der Waals surface area contributed by atoms with Crippen molar-refractivity contribution < 1.29 is 0 Å². The van der Waals surface area contributed by atoms with E-state index in [4.69, 9.17) is 0 Å². The van der Waals surface area contributed by atoms with E-state index < -0.39 is 0 Å². The van der Waals surface area contributed by atoms with E-state index in [0.29, 0.717) is 18.2 Å². The summed E-state index contributed by atoms with van der Waals surface area (Å²) in [6, 6.07) is 6.22. The zero-order chi connectivity index (χ0) is 13.9. The first-order chi connectivity index (χ1) is 9.79. The van der Waals surface area contributed by atoms with Gasteiger partial charge in [0.05, 0.1) is 6.54 Å². The largest absolute Gasteiger partial charge is 0.350 e. The fourth-order valence-electron chi connectivity index (χ4n) is 2.63. The maximum absolute atomic E-state index is 12.2. The first-order valence-corrected chi connectivity index (χ1v) is 7.28. The van der Waals surface area contributed by atoms with Crippen LogP contribution in [-0.4, -0.2) is 51.3 Å². The lowest BCUT2D eigenvalue weighted by Crippen LogP contribution is -2.58. The summed E-state index contributed by atoms with van der Waals surface area (Å²) >= 11 is 0. The van der Waals surface area contributed by atoms with Gasteiger partial charge in [-0.25, -0.2) is 9.48 Å². The van der Waals surface area contributed by atoms with E-state index >= 15 is 0 Å². The van der Waals surface area contributed by atoms with Crippen LogP contribution >= 0.6 is 0 Å². The van der Waals surface area contributed by atoms with Crippen LogP contribution in [0, 0.1) is 0 Å². The topological polar surface area (TPSA) is 54.6 Å². The summed E-state index contributed by atoms with van der Waals surface area (Å²) in [6.45, 7) is 6.91. The predicted molar refractivity (Wildman–Crippen MR) is 78.0 cm³/mol. The number of pyridine rings is 1. The third-order valence-electron chi connectivity index (χ3n) is 3.87. The average Bonchev–Trinajstić information content (AvgIpc) is 2.72. The van der Waals surface area contributed by atoms with Crippen molar-refractivity contribution in [3.8, 4) is 0 Å². The molecule has 6 heteroatoms. The molecule has 1 aliphatic rings. The van der Waals surface area contributed by atoms with E-state index in [2.05, 4.69) is 22.2 Å². The molecule has 0 unspecified atom stereocenters. The molecular formula is C14H21N5O. The normalized spacial score (nSPS) is 15.9. The number of hydrogen-bond acceptors (Lipinski definition) is 4. The van der Waals surface area contributed by atoms with Crippen LogP contribution in [0.5, 0.6) is 0 Å². The van der Waals surface area contributed by atoms with Crippen molar-refractivity contribution in [1.82, 2.24) is 24.4 Å². The van der Waals surface area contributed by atoms with Crippen molar-refractivity contribution in [1.29, 1.82) is 0 Å². The lowest BCUT2D eigenvalue weighted by molar-refractivity contribution is 0.138. The summed E-state index contributed by atoms with van der Waals surface area (Å²) in [5.74, 6) is 0. The van der Waals surface area contributed by atoms with E-state index in [0.717, 1.165) is 32.6 Å². The summed E-state index contributed by atoms with van der Waals surface area (Å²) in [5.41, 5.74) is 0.661. The van der Waals surface area contributed by atoms with E-state index in [9.17, 15) is 4.79 Å². The molecule has 2 aromatic heterocycles. The molecule has 0 aromatic carbocycles. The molecule has 0 radical (unpaired) electrons. The van der Waals surface area contributed by atoms with Gasteiger partial charge in [0.1, 0.15) is 0 Å². The van der Waals surface area contributed by atoms with Crippen LogP contribution in [0.3, 0.4) is 0 Å². The van der Waals surface area contributed by atoms with Crippen molar-refractivity contribution in [2.24, 2.45) is 0 Å². The molecule has 1 N–H and O–H groups in total. The quantitative estimate of drug-likeness (QED) is 0.817. The van der Waals surface area contributed by atoms with Gasteiger partial charge in [-0.15, -0.1) is 5.10 Å². The molecule has 0 amide bonds. The summed E-state index contributed by atoms with van der Waals surface area (Å²) in [7, 11) is 0. The van der Waals surface area contributed by atoms with Crippen LogP contribution < -0.4 is 11.0 Å². The Balaban J connectivity index is 1.72. The molecule has 0 aliphatic carbocycles. The van der Waals surface area contributed by atoms with Crippen molar-refractivity contribution in [3.05, 3.63) is 34.9 Å². The lowest BCUT2D eigenvalue weighted by Gasteiger charge is -2.38. The second-order valence-corrected chi connectivity index (χ2v) is 5.28. The van der Waals surface area contributed by atoms with Gasteiger partial charge in [0.2, 0.25) is 0 Å². The Hall–Kier alpha value is -1.66. The highest BCUT2D eigenvalue weighted by Crippen LogP contribution is 2.06. The number of hydrogen-bond donors (Lipinski definition) is 1. The summed E-state index contributed by atoms with van der Waals surface area (Å²) in [4.78, 5) is 14.6. The van der Waals surface area contributed by atoms with E-state index in [1.54, 1.807) is 15.3 Å². The Bertz CT molecular complexity index is 628. The molecule has 0 bridgehead atoms. The highest BCUT2D eigenvalue weighted by molar-refractivity contribution is 5.35. The first kappa shape index (κ1) is 13.3. The Morgan fingerprint density at radius 1 is 1.40 bits per heavy atom. The number of rotatable bonds is 6. The second kappa shape index (κ2) is 5.76. The Kier molecular flexibility index (Phi) is 3.84. The molecular weight excluding hydrogens is 254 g/mol. The second-order valence-electron chi connectivity index (χ2n) is 5.28. The zero-order valence-corrected chi connectivity index (χ0v) is 11.8. The Morgan fingerprint density at radius 3 is 2.90 bits per heavy atom. The van der Waals surface area contributed by atoms with E-state index in [1.165, 1.54) is 0 Å². The minimum absolute atomic E-state index is 0.0521. The molecule has 3 rings (SSSR count).